The van der Waals surface area contributed by atoms with Crippen molar-refractivity contribution in [3.63, 3.8) is 0 Å². The summed E-state index contributed by atoms with van der Waals surface area (Å²) >= 11 is 0. The highest BCUT2D eigenvalue weighted by atomic mass is 16.5. The Morgan fingerprint density at radius 2 is 1.77 bits per heavy atom. The molecule has 1 aliphatic rings. The topological polar surface area (TPSA) is 66.8 Å². The van der Waals surface area contributed by atoms with Gasteiger partial charge in [-0.1, -0.05) is 72.8 Å². The van der Waals surface area contributed by atoms with Crippen LogP contribution in [-0.4, -0.2) is 30.5 Å². The quantitative estimate of drug-likeness (QED) is 0.589. The highest BCUT2D eigenvalue weighted by Gasteiger charge is 2.50. The van der Waals surface area contributed by atoms with E-state index in [0.29, 0.717) is 29.1 Å². The molecule has 1 aliphatic heterocycles. The van der Waals surface area contributed by atoms with Crippen LogP contribution in [0.25, 0.3) is 6.08 Å². The van der Waals surface area contributed by atoms with Gasteiger partial charge in [-0.05, 0) is 23.8 Å². The molecule has 0 saturated heterocycles. The number of ether oxygens (including phenoxy) is 1. The monoisotopic (exact) mass is 413 g/mol. The van der Waals surface area contributed by atoms with Gasteiger partial charge in [0.25, 0.3) is 5.91 Å². The second-order valence-electron chi connectivity index (χ2n) is 7.44. The smallest absolute Gasteiger partial charge is 0.264 e. The summed E-state index contributed by atoms with van der Waals surface area (Å²) in [4.78, 5) is 27.7. The standard InChI is InChI=1S/C26H23NO4/c1-31-21-13-7-12-20(17-21)24(28)18-26(30)22-14-5-6-15-23(22)27(25(26)29)16-8-11-19-9-3-2-4-10-19/h2-15,17,30H,16,18H2,1H3/b11-8+. The van der Waals surface area contributed by atoms with Crippen LogP contribution in [0.2, 0.25) is 0 Å². The van der Waals surface area contributed by atoms with Crippen molar-refractivity contribution in [1.82, 2.24) is 0 Å². The minimum atomic E-state index is -1.91. The van der Waals surface area contributed by atoms with Crippen LogP contribution in [0.1, 0.15) is 27.9 Å². The number of Topliss-reactive ketones (excluding diaryl/α,β-unsaturated/α-hetero) is 1. The van der Waals surface area contributed by atoms with Crippen LogP contribution in [0.15, 0.2) is 84.9 Å². The lowest BCUT2D eigenvalue weighted by atomic mass is 9.88. The second kappa shape index (κ2) is 8.58. The minimum Gasteiger partial charge on any atom is -0.497 e. The number of fused-ring (bicyclic) bond motifs is 1. The second-order valence-corrected chi connectivity index (χ2v) is 7.44. The average Bonchev–Trinajstić information content (AvgIpc) is 3.01. The Labute approximate surface area is 181 Å². The first-order valence-electron chi connectivity index (χ1n) is 10.1. The molecule has 1 N–H and O–H groups in total. The first-order valence-corrected chi connectivity index (χ1v) is 10.1. The summed E-state index contributed by atoms with van der Waals surface area (Å²) in [7, 11) is 1.52. The molecule has 1 amide bonds. The zero-order valence-corrected chi connectivity index (χ0v) is 17.2. The van der Waals surface area contributed by atoms with Crippen molar-refractivity contribution in [2.24, 2.45) is 0 Å². The number of amides is 1. The zero-order chi connectivity index (χ0) is 21.8. The summed E-state index contributed by atoms with van der Waals surface area (Å²) in [6.07, 6.45) is 3.46. The molecule has 1 unspecified atom stereocenters. The number of para-hydroxylation sites is 1. The lowest BCUT2D eigenvalue weighted by Crippen LogP contribution is -2.42. The molecule has 3 aromatic carbocycles. The van der Waals surface area contributed by atoms with E-state index in [1.807, 2.05) is 48.6 Å². The Bertz CT molecular complexity index is 1140. The summed E-state index contributed by atoms with van der Waals surface area (Å²) in [6.45, 7) is 0.292. The molecule has 156 valence electrons. The Balaban J connectivity index is 1.60. The van der Waals surface area contributed by atoms with Crippen molar-refractivity contribution in [1.29, 1.82) is 0 Å². The Morgan fingerprint density at radius 1 is 1.03 bits per heavy atom. The minimum absolute atomic E-state index is 0.292. The number of anilines is 1. The molecule has 1 heterocycles. The first-order chi connectivity index (χ1) is 15.0. The number of aliphatic hydroxyl groups is 1. The third-order valence-electron chi connectivity index (χ3n) is 5.45. The molecular weight excluding hydrogens is 390 g/mol. The Kier molecular flexibility index (Phi) is 5.69. The van der Waals surface area contributed by atoms with Gasteiger partial charge in [0.2, 0.25) is 0 Å². The number of carbonyl (C=O) groups is 2. The van der Waals surface area contributed by atoms with E-state index >= 15 is 0 Å². The van der Waals surface area contributed by atoms with Gasteiger partial charge in [-0.15, -0.1) is 0 Å². The normalized spacial score (nSPS) is 17.7. The Hall–Kier alpha value is -3.70. The third-order valence-corrected chi connectivity index (χ3v) is 5.45. The number of benzene rings is 3. The lowest BCUT2D eigenvalue weighted by Gasteiger charge is -2.22. The number of hydrogen-bond donors (Lipinski definition) is 1. The average molecular weight is 413 g/mol. The summed E-state index contributed by atoms with van der Waals surface area (Å²) in [5, 5.41) is 11.4. The zero-order valence-electron chi connectivity index (χ0n) is 17.2. The van der Waals surface area contributed by atoms with Crippen LogP contribution in [0.4, 0.5) is 5.69 Å². The summed E-state index contributed by atoms with van der Waals surface area (Å²) < 4.78 is 5.18. The SMILES string of the molecule is COc1cccc(C(=O)CC2(O)C(=O)N(C/C=C/c3ccccc3)c3ccccc32)c1. The highest BCUT2D eigenvalue weighted by molar-refractivity contribution is 6.11. The van der Waals surface area contributed by atoms with Crippen molar-refractivity contribution in [2.45, 2.75) is 12.0 Å². The molecule has 0 fully saturated rings. The molecule has 0 aliphatic carbocycles. The lowest BCUT2D eigenvalue weighted by molar-refractivity contribution is -0.135. The predicted octanol–water partition coefficient (Wildman–Crippen LogP) is 4.22. The van der Waals surface area contributed by atoms with Crippen LogP contribution in [-0.2, 0) is 10.4 Å². The molecule has 1 atom stereocenters. The fourth-order valence-electron chi connectivity index (χ4n) is 3.85. The van der Waals surface area contributed by atoms with Crippen LogP contribution in [0, 0.1) is 0 Å². The number of ketones is 1. The number of methoxy groups -OCH3 is 1. The van der Waals surface area contributed by atoms with Crippen LogP contribution >= 0.6 is 0 Å². The number of nitrogens with zero attached hydrogens (tertiary/aromatic N) is 1. The fourth-order valence-corrected chi connectivity index (χ4v) is 3.85. The van der Waals surface area contributed by atoms with Gasteiger partial charge in [0.1, 0.15) is 5.75 Å². The van der Waals surface area contributed by atoms with Crippen LogP contribution in [0.3, 0.4) is 0 Å². The maximum Gasteiger partial charge on any atom is 0.264 e. The molecule has 0 saturated carbocycles. The third kappa shape index (κ3) is 4.00. The molecule has 0 radical (unpaired) electrons. The van der Waals surface area contributed by atoms with E-state index in [9.17, 15) is 14.7 Å². The predicted molar refractivity (Wildman–Crippen MR) is 120 cm³/mol. The van der Waals surface area contributed by atoms with E-state index < -0.39 is 11.5 Å². The summed E-state index contributed by atoms with van der Waals surface area (Å²) in [5.41, 5.74) is 0.569. The van der Waals surface area contributed by atoms with Crippen LogP contribution in [0.5, 0.6) is 5.75 Å². The number of carbonyl (C=O) groups excluding carboxylic acids is 2. The first kappa shape index (κ1) is 20.6. The molecular formula is C26H23NO4. The number of hydrogen-bond acceptors (Lipinski definition) is 4. The van der Waals surface area contributed by atoms with Gasteiger partial charge in [-0.3, -0.25) is 9.59 Å². The van der Waals surface area contributed by atoms with Crippen molar-refractivity contribution < 1.29 is 19.4 Å². The van der Waals surface area contributed by atoms with E-state index in [4.69, 9.17) is 4.74 Å². The fraction of sp³-hybridized carbons (Fsp3) is 0.154. The van der Waals surface area contributed by atoms with Gasteiger partial charge in [0, 0.05) is 17.7 Å². The van der Waals surface area contributed by atoms with Crippen molar-refractivity contribution >= 4 is 23.5 Å². The van der Waals surface area contributed by atoms with E-state index in [-0.39, 0.29) is 12.2 Å². The summed E-state index contributed by atoms with van der Waals surface area (Å²) in [6, 6.07) is 23.5. The maximum atomic E-state index is 13.3. The molecule has 4 rings (SSSR count). The molecule has 31 heavy (non-hydrogen) atoms. The van der Waals surface area contributed by atoms with Gasteiger partial charge in [0.15, 0.2) is 11.4 Å². The van der Waals surface area contributed by atoms with Gasteiger partial charge in [-0.25, -0.2) is 0 Å². The highest BCUT2D eigenvalue weighted by Crippen LogP contribution is 2.42. The molecule has 0 bridgehead atoms. The molecule has 5 heteroatoms. The van der Waals surface area contributed by atoms with Crippen molar-refractivity contribution in [3.8, 4) is 5.75 Å². The Morgan fingerprint density at radius 3 is 2.55 bits per heavy atom. The van der Waals surface area contributed by atoms with E-state index in [2.05, 4.69) is 0 Å². The van der Waals surface area contributed by atoms with Gasteiger partial charge in [-0.2, -0.15) is 0 Å². The van der Waals surface area contributed by atoms with E-state index in [1.54, 1.807) is 42.5 Å². The van der Waals surface area contributed by atoms with E-state index in [0.717, 1.165) is 5.56 Å². The molecule has 0 spiro atoms. The van der Waals surface area contributed by atoms with Gasteiger partial charge >= 0.3 is 0 Å². The number of rotatable bonds is 7. The van der Waals surface area contributed by atoms with Gasteiger partial charge < -0.3 is 14.7 Å². The summed E-state index contributed by atoms with van der Waals surface area (Å²) in [5.74, 6) is -0.280. The molecule has 0 aromatic heterocycles. The molecule has 3 aromatic rings. The van der Waals surface area contributed by atoms with Crippen molar-refractivity contribution in [2.75, 3.05) is 18.6 Å². The largest absolute Gasteiger partial charge is 0.497 e. The van der Waals surface area contributed by atoms with E-state index in [1.165, 1.54) is 12.0 Å². The molecule has 5 nitrogen and oxygen atoms in total. The van der Waals surface area contributed by atoms with Gasteiger partial charge in [0.05, 0.1) is 19.2 Å². The maximum absolute atomic E-state index is 13.3. The van der Waals surface area contributed by atoms with Crippen molar-refractivity contribution in [3.05, 3.63) is 102 Å². The van der Waals surface area contributed by atoms with Crippen LogP contribution < -0.4 is 9.64 Å².